The van der Waals surface area contributed by atoms with Crippen LogP contribution < -0.4 is 5.32 Å². The molecule has 1 N–H and O–H groups in total. The molecule has 2 aromatic rings. The Morgan fingerprint density at radius 3 is 2.60 bits per heavy atom. The van der Waals surface area contributed by atoms with Gasteiger partial charge in [-0.2, -0.15) is 0 Å². The number of rotatable bonds is 3. The lowest BCUT2D eigenvalue weighted by atomic mass is 9.81. The summed E-state index contributed by atoms with van der Waals surface area (Å²) in [6, 6.07) is 13.8. The average Bonchev–Trinajstić information content (AvgIpc) is 2.89. The summed E-state index contributed by atoms with van der Waals surface area (Å²) in [5, 5.41) is 3.78. The second-order valence-corrected chi connectivity index (χ2v) is 7.44. The van der Waals surface area contributed by atoms with Crippen molar-refractivity contribution in [2.24, 2.45) is 0 Å². The van der Waals surface area contributed by atoms with Crippen LogP contribution in [-0.2, 0) is 0 Å². The molecule has 1 aromatic carbocycles. The van der Waals surface area contributed by atoms with Crippen LogP contribution in [0.4, 0.5) is 0 Å². The molecule has 0 saturated heterocycles. The highest BCUT2D eigenvalue weighted by Gasteiger charge is 2.25. The molecule has 3 atom stereocenters. The largest absolute Gasteiger partial charge is 0.303 e. The van der Waals surface area contributed by atoms with E-state index in [1.807, 2.05) is 6.07 Å². The summed E-state index contributed by atoms with van der Waals surface area (Å²) >= 11 is 7.71. The number of halogens is 1. The molecule has 0 bridgehead atoms. The lowest BCUT2D eigenvalue weighted by Gasteiger charge is -2.32. The Bertz CT molecular complexity index is 592. The molecule has 0 radical (unpaired) electrons. The molecule has 1 aromatic heterocycles. The minimum atomic E-state index is 0.346. The van der Waals surface area contributed by atoms with Crippen molar-refractivity contribution in [3.05, 3.63) is 56.7 Å². The fourth-order valence-corrected chi connectivity index (χ4v) is 4.20. The zero-order valence-corrected chi connectivity index (χ0v) is 13.5. The molecule has 0 aliphatic heterocycles. The summed E-state index contributed by atoms with van der Waals surface area (Å²) in [4.78, 5) is 1.31. The summed E-state index contributed by atoms with van der Waals surface area (Å²) in [7, 11) is 0. The van der Waals surface area contributed by atoms with Gasteiger partial charge in [-0.25, -0.2) is 0 Å². The van der Waals surface area contributed by atoms with Crippen LogP contribution in [0.5, 0.6) is 0 Å². The molecule has 0 fully saturated rings. The van der Waals surface area contributed by atoms with Gasteiger partial charge in [0.05, 0.1) is 4.34 Å². The summed E-state index contributed by atoms with van der Waals surface area (Å²) in [5.74, 6) is 0.677. The molecule has 1 aliphatic rings. The molecule has 0 amide bonds. The van der Waals surface area contributed by atoms with Gasteiger partial charge in [-0.1, -0.05) is 42.8 Å². The third-order valence-electron chi connectivity index (χ3n) is 4.26. The van der Waals surface area contributed by atoms with Gasteiger partial charge in [-0.3, -0.25) is 0 Å². The van der Waals surface area contributed by atoms with Gasteiger partial charge in [-0.15, -0.1) is 11.3 Å². The van der Waals surface area contributed by atoms with Crippen molar-refractivity contribution in [3.63, 3.8) is 0 Å². The number of hydrogen-bond donors (Lipinski definition) is 1. The maximum absolute atomic E-state index is 6.04. The molecule has 3 rings (SSSR count). The van der Waals surface area contributed by atoms with E-state index in [0.29, 0.717) is 18.0 Å². The van der Waals surface area contributed by atoms with Crippen LogP contribution in [0, 0.1) is 0 Å². The van der Waals surface area contributed by atoms with E-state index >= 15 is 0 Å². The molecule has 1 heterocycles. The summed E-state index contributed by atoms with van der Waals surface area (Å²) < 4.78 is 0.867. The third kappa shape index (κ3) is 2.78. The molecule has 106 valence electrons. The van der Waals surface area contributed by atoms with Gasteiger partial charge in [0.1, 0.15) is 0 Å². The van der Waals surface area contributed by atoms with Crippen molar-refractivity contribution >= 4 is 22.9 Å². The third-order valence-corrected chi connectivity index (χ3v) is 5.68. The Morgan fingerprint density at radius 1 is 1.15 bits per heavy atom. The van der Waals surface area contributed by atoms with Crippen molar-refractivity contribution in [1.29, 1.82) is 0 Å². The quantitative estimate of drug-likeness (QED) is 0.768. The standard InChI is InChI=1S/C17H20ClNS/c1-11-7-8-15(14-6-4-3-5-13(11)14)19-12(2)16-9-10-17(18)20-16/h3-6,9-12,15,19H,7-8H2,1-2H3. The molecule has 1 aliphatic carbocycles. The van der Waals surface area contributed by atoms with Crippen LogP contribution in [-0.4, -0.2) is 0 Å². The number of nitrogens with one attached hydrogen (secondary N) is 1. The van der Waals surface area contributed by atoms with Crippen molar-refractivity contribution in [2.75, 3.05) is 0 Å². The van der Waals surface area contributed by atoms with E-state index in [0.717, 1.165) is 4.34 Å². The van der Waals surface area contributed by atoms with E-state index in [-0.39, 0.29) is 0 Å². The summed E-state index contributed by atoms with van der Waals surface area (Å²) in [6.07, 6.45) is 2.47. The highest BCUT2D eigenvalue weighted by atomic mass is 35.5. The van der Waals surface area contributed by atoms with Gasteiger partial charge in [0, 0.05) is 17.0 Å². The number of fused-ring (bicyclic) bond motifs is 1. The Kier molecular flexibility index (Phi) is 4.16. The summed E-state index contributed by atoms with van der Waals surface area (Å²) in [6.45, 7) is 4.56. The first-order valence-corrected chi connectivity index (χ1v) is 8.44. The zero-order chi connectivity index (χ0) is 14.1. The van der Waals surface area contributed by atoms with E-state index in [1.165, 1.54) is 28.8 Å². The first-order chi connectivity index (χ1) is 9.65. The first-order valence-electron chi connectivity index (χ1n) is 7.25. The Hall–Kier alpha value is -0.830. The van der Waals surface area contributed by atoms with Crippen molar-refractivity contribution in [2.45, 2.75) is 44.7 Å². The first kappa shape index (κ1) is 14.1. The molecular weight excluding hydrogens is 286 g/mol. The van der Waals surface area contributed by atoms with Gasteiger partial charge in [0.2, 0.25) is 0 Å². The maximum Gasteiger partial charge on any atom is 0.0931 e. The highest BCUT2D eigenvalue weighted by molar-refractivity contribution is 7.16. The Morgan fingerprint density at radius 2 is 1.90 bits per heavy atom. The molecule has 3 unspecified atom stereocenters. The van der Waals surface area contributed by atoms with E-state index in [4.69, 9.17) is 11.6 Å². The predicted octanol–water partition coefficient (Wildman–Crippen LogP) is 5.69. The van der Waals surface area contributed by atoms with Crippen molar-refractivity contribution in [1.82, 2.24) is 5.32 Å². The fraction of sp³-hybridized carbons (Fsp3) is 0.412. The van der Waals surface area contributed by atoms with Crippen LogP contribution in [0.25, 0.3) is 0 Å². The van der Waals surface area contributed by atoms with Crippen molar-refractivity contribution in [3.8, 4) is 0 Å². The molecule has 3 heteroatoms. The SMILES string of the molecule is CC1CCC(NC(C)c2ccc(Cl)s2)c2ccccc21. The number of thiophene rings is 1. The normalized spacial score (nSPS) is 23.4. The topological polar surface area (TPSA) is 12.0 Å². The Balaban J connectivity index is 1.80. The van der Waals surface area contributed by atoms with Crippen molar-refractivity contribution < 1.29 is 0 Å². The minimum absolute atomic E-state index is 0.346. The molecule has 1 nitrogen and oxygen atoms in total. The molecule has 0 spiro atoms. The monoisotopic (exact) mass is 305 g/mol. The molecule has 0 saturated carbocycles. The van der Waals surface area contributed by atoms with Crippen LogP contribution >= 0.6 is 22.9 Å². The number of benzene rings is 1. The lowest BCUT2D eigenvalue weighted by Crippen LogP contribution is -2.28. The Labute approximate surface area is 130 Å². The van der Waals surface area contributed by atoms with Gasteiger partial charge in [-0.05, 0) is 48.9 Å². The second-order valence-electron chi connectivity index (χ2n) is 5.69. The van der Waals surface area contributed by atoms with Gasteiger partial charge in [0.15, 0.2) is 0 Å². The minimum Gasteiger partial charge on any atom is -0.303 e. The molecular formula is C17H20ClNS. The smallest absolute Gasteiger partial charge is 0.0931 e. The van der Waals surface area contributed by atoms with Gasteiger partial charge < -0.3 is 5.32 Å². The van der Waals surface area contributed by atoms with Crippen LogP contribution in [0.1, 0.15) is 60.7 Å². The highest BCUT2D eigenvalue weighted by Crippen LogP contribution is 2.38. The van der Waals surface area contributed by atoms with E-state index in [1.54, 1.807) is 11.3 Å². The fourth-order valence-electron chi connectivity index (χ4n) is 3.12. The zero-order valence-electron chi connectivity index (χ0n) is 11.9. The van der Waals surface area contributed by atoms with E-state index < -0.39 is 0 Å². The van der Waals surface area contributed by atoms with Crippen LogP contribution in [0.15, 0.2) is 36.4 Å². The lowest BCUT2D eigenvalue weighted by molar-refractivity contribution is 0.398. The maximum atomic E-state index is 6.04. The van der Waals surface area contributed by atoms with Crippen LogP contribution in [0.3, 0.4) is 0 Å². The average molecular weight is 306 g/mol. The summed E-state index contributed by atoms with van der Waals surface area (Å²) in [5.41, 5.74) is 2.98. The van der Waals surface area contributed by atoms with Gasteiger partial charge >= 0.3 is 0 Å². The predicted molar refractivity (Wildman–Crippen MR) is 87.7 cm³/mol. The second kappa shape index (κ2) is 5.88. The van der Waals surface area contributed by atoms with E-state index in [2.05, 4.69) is 49.5 Å². The van der Waals surface area contributed by atoms with Crippen LogP contribution in [0.2, 0.25) is 4.34 Å². The van der Waals surface area contributed by atoms with Gasteiger partial charge in [0.25, 0.3) is 0 Å². The molecule has 20 heavy (non-hydrogen) atoms. The number of hydrogen-bond acceptors (Lipinski definition) is 2. The van der Waals surface area contributed by atoms with E-state index in [9.17, 15) is 0 Å².